The molecule has 0 radical (unpaired) electrons. The Labute approximate surface area is 147 Å². The van der Waals surface area contributed by atoms with Gasteiger partial charge in [0.15, 0.2) is 0 Å². The number of aliphatic carboxylic acids is 1. The average Bonchev–Trinajstić information content (AvgIpc) is 2.54. The van der Waals surface area contributed by atoms with Gasteiger partial charge >= 0.3 is 5.97 Å². The van der Waals surface area contributed by atoms with Crippen molar-refractivity contribution in [1.29, 1.82) is 0 Å². The van der Waals surface area contributed by atoms with Gasteiger partial charge in [-0.25, -0.2) is 9.78 Å². The van der Waals surface area contributed by atoms with Gasteiger partial charge in [0.1, 0.15) is 11.3 Å². The summed E-state index contributed by atoms with van der Waals surface area (Å²) < 4.78 is 10.9. The number of carbonyl (C=O) groups is 1. The van der Waals surface area contributed by atoms with E-state index in [9.17, 15) is 9.90 Å². The number of aromatic nitrogens is 1. The molecule has 25 heavy (non-hydrogen) atoms. The molecular weight excluding hydrogens is 318 g/mol. The van der Waals surface area contributed by atoms with Crippen LogP contribution in [0.5, 0.6) is 11.6 Å². The Bertz CT molecular complexity index is 804. The molecule has 2 aromatic rings. The highest BCUT2D eigenvalue weighted by molar-refractivity contribution is 6.15. The molecule has 5 nitrogen and oxygen atoms in total. The van der Waals surface area contributed by atoms with Crippen LogP contribution in [0.2, 0.25) is 0 Å². The van der Waals surface area contributed by atoms with Gasteiger partial charge < -0.3 is 14.6 Å². The number of methoxy groups -OCH3 is 1. The highest BCUT2D eigenvalue weighted by Crippen LogP contribution is 2.34. The Kier molecular flexibility index (Phi) is 5.47. The fourth-order valence-electron chi connectivity index (χ4n) is 2.66. The van der Waals surface area contributed by atoms with Gasteiger partial charge in [-0.1, -0.05) is 39.0 Å². The zero-order valence-corrected chi connectivity index (χ0v) is 15.2. The minimum absolute atomic E-state index is 0.0164. The SMILES string of the molecule is CO/C=C(/C(=O)O)c1ccccc1Oc1nccc(C(C)(C)C)c1C. The molecule has 1 aromatic carbocycles. The van der Waals surface area contributed by atoms with Crippen LogP contribution in [-0.4, -0.2) is 23.2 Å². The van der Waals surface area contributed by atoms with E-state index in [1.807, 2.05) is 13.0 Å². The van der Waals surface area contributed by atoms with Crippen LogP contribution in [0.4, 0.5) is 0 Å². The number of carboxylic acid groups (broad SMARTS) is 1. The van der Waals surface area contributed by atoms with Crippen LogP contribution in [-0.2, 0) is 14.9 Å². The van der Waals surface area contributed by atoms with Gasteiger partial charge in [-0.05, 0) is 30.0 Å². The van der Waals surface area contributed by atoms with Gasteiger partial charge in [0.05, 0.1) is 13.4 Å². The van der Waals surface area contributed by atoms with E-state index in [0.29, 0.717) is 17.2 Å². The molecule has 0 aliphatic rings. The van der Waals surface area contributed by atoms with Crippen LogP contribution < -0.4 is 4.74 Å². The first-order chi connectivity index (χ1) is 11.8. The molecule has 1 aromatic heterocycles. The number of ether oxygens (including phenoxy) is 2. The van der Waals surface area contributed by atoms with E-state index >= 15 is 0 Å². The second-order valence-corrected chi connectivity index (χ2v) is 6.71. The molecule has 0 aliphatic carbocycles. The van der Waals surface area contributed by atoms with Crippen molar-refractivity contribution in [1.82, 2.24) is 4.98 Å². The second kappa shape index (κ2) is 7.38. The molecule has 0 atom stereocenters. The molecule has 0 saturated heterocycles. The number of para-hydroxylation sites is 1. The first-order valence-corrected chi connectivity index (χ1v) is 7.95. The lowest BCUT2D eigenvalue weighted by Gasteiger charge is -2.22. The number of nitrogens with zero attached hydrogens (tertiary/aromatic N) is 1. The fraction of sp³-hybridized carbons (Fsp3) is 0.300. The van der Waals surface area contributed by atoms with Crippen LogP contribution in [0.1, 0.15) is 37.5 Å². The van der Waals surface area contributed by atoms with Crippen molar-refractivity contribution in [3.05, 3.63) is 59.5 Å². The van der Waals surface area contributed by atoms with E-state index in [1.54, 1.807) is 30.5 Å². The van der Waals surface area contributed by atoms with E-state index < -0.39 is 5.97 Å². The molecule has 0 amide bonds. The van der Waals surface area contributed by atoms with Crippen molar-refractivity contribution in [3.8, 4) is 11.6 Å². The van der Waals surface area contributed by atoms with Crippen molar-refractivity contribution in [3.63, 3.8) is 0 Å². The largest absolute Gasteiger partial charge is 0.503 e. The number of pyridine rings is 1. The molecular formula is C20H23NO4. The molecule has 1 heterocycles. The fourth-order valence-corrected chi connectivity index (χ4v) is 2.66. The standard InChI is InChI=1S/C20H23NO4/c1-13-16(20(2,3)4)10-11-21-18(13)25-17-9-7-6-8-14(17)15(12-24-5)19(22)23/h6-12H,1-5H3,(H,22,23)/b15-12+. The van der Waals surface area contributed by atoms with E-state index in [4.69, 9.17) is 9.47 Å². The quantitative estimate of drug-likeness (QED) is 0.638. The zero-order valence-electron chi connectivity index (χ0n) is 15.2. The van der Waals surface area contributed by atoms with Crippen molar-refractivity contribution in [2.24, 2.45) is 0 Å². The Morgan fingerprint density at radius 3 is 2.48 bits per heavy atom. The molecule has 1 N–H and O–H groups in total. The molecule has 0 spiro atoms. The summed E-state index contributed by atoms with van der Waals surface area (Å²) in [5.41, 5.74) is 2.45. The Morgan fingerprint density at radius 2 is 1.88 bits per heavy atom. The number of benzene rings is 1. The molecule has 0 bridgehead atoms. The number of rotatable bonds is 5. The topological polar surface area (TPSA) is 68.7 Å². The average molecular weight is 341 g/mol. The second-order valence-electron chi connectivity index (χ2n) is 6.71. The Hall–Kier alpha value is -2.82. The third kappa shape index (κ3) is 4.18. The van der Waals surface area contributed by atoms with Crippen molar-refractivity contribution < 1.29 is 19.4 Å². The van der Waals surface area contributed by atoms with Crippen LogP contribution >= 0.6 is 0 Å². The zero-order chi connectivity index (χ0) is 18.6. The van der Waals surface area contributed by atoms with Gasteiger partial charge in [-0.3, -0.25) is 0 Å². The van der Waals surface area contributed by atoms with Gasteiger partial charge in [0, 0.05) is 17.3 Å². The van der Waals surface area contributed by atoms with Gasteiger partial charge in [-0.15, -0.1) is 0 Å². The summed E-state index contributed by atoms with van der Waals surface area (Å²) in [4.78, 5) is 15.8. The smallest absolute Gasteiger partial charge is 0.339 e. The summed E-state index contributed by atoms with van der Waals surface area (Å²) in [5.74, 6) is -0.220. The Morgan fingerprint density at radius 1 is 1.20 bits per heavy atom. The lowest BCUT2D eigenvalue weighted by Crippen LogP contribution is -2.14. The molecule has 0 saturated carbocycles. The van der Waals surface area contributed by atoms with Crippen LogP contribution in [0.15, 0.2) is 42.8 Å². The summed E-state index contributed by atoms with van der Waals surface area (Å²) in [6.45, 7) is 8.32. The summed E-state index contributed by atoms with van der Waals surface area (Å²) in [6.07, 6.45) is 2.89. The first-order valence-electron chi connectivity index (χ1n) is 7.95. The van der Waals surface area contributed by atoms with E-state index in [-0.39, 0.29) is 11.0 Å². The maximum Gasteiger partial charge on any atom is 0.339 e. The highest BCUT2D eigenvalue weighted by atomic mass is 16.5. The normalized spacial score (nSPS) is 12.0. The first kappa shape index (κ1) is 18.5. The predicted molar refractivity (Wildman–Crippen MR) is 96.8 cm³/mol. The van der Waals surface area contributed by atoms with Crippen molar-refractivity contribution >= 4 is 11.5 Å². The van der Waals surface area contributed by atoms with E-state index in [2.05, 4.69) is 25.8 Å². The van der Waals surface area contributed by atoms with Gasteiger partial charge in [0.2, 0.25) is 5.88 Å². The monoisotopic (exact) mass is 341 g/mol. The van der Waals surface area contributed by atoms with Gasteiger partial charge in [-0.2, -0.15) is 0 Å². The predicted octanol–water partition coefficient (Wildman–Crippen LogP) is 4.55. The summed E-state index contributed by atoms with van der Waals surface area (Å²) in [7, 11) is 1.41. The van der Waals surface area contributed by atoms with E-state index in [1.165, 1.54) is 13.4 Å². The van der Waals surface area contributed by atoms with Crippen molar-refractivity contribution in [2.45, 2.75) is 33.1 Å². The summed E-state index contributed by atoms with van der Waals surface area (Å²) in [6, 6.07) is 8.90. The third-order valence-electron chi connectivity index (χ3n) is 3.82. The van der Waals surface area contributed by atoms with Crippen LogP contribution in [0, 0.1) is 6.92 Å². The highest BCUT2D eigenvalue weighted by Gasteiger charge is 2.21. The third-order valence-corrected chi connectivity index (χ3v) is 3.82. The lowest BCUT2D eigenvalue weighted by molar-refractivity contribution is -0.130. The maximum absolute atomic E-state index is 11.5. The lowest BCUT2D eigenvalue weighted by atomic mass is 9.85. The number of hydrogen-bond donors (Lipinski definition) is 1. The maximum atomic E-state index is 11.5. The molecule has 132 valence electrons. The van der Waals surface area contributed by atoms with Gasteiger partial charge in [0.25, 0.3) is 0 Å². The molecule has 0 unspecified atom stereocenters. The minimum atomic E-state index is -1.09. The van der Waals surface area contributed by atoms with Crippen molar-refractivity contribution in [2.75, 3.05) is 7.11 Å². The number of hydrogen-bond acceptors (Lipinski definition) is 4. The summed E-state index contributed by atoms with van der Waals surface area (Å²) in [5, 5.41) is 9.43. The Balaban J connectivity index is 2.50. The van der Waals surface area contributed by atoms with Crippen LogP contribution in [0.3, 0.4) is 0 Å². The molecule has 0 aliphatic heterocycles. The minimum Gasteiger partial charge on any atom is -0.503 e. The molecule has 5 heteroatoms. The molecule has 0 fully saturated rings. The number of carboxylic acids is 1. The summed E-state index contributed by atoms with van der Waals surface area (Å²) >= 11 is 0. The van der Waals surface area contributed by atoms with Crippen LogP contribution in [0.25, 0.3) is 5.57 Å². The molecule has 2 rings (SSSR count). The van der Waals surface area contributed by atoms with E-state index in [0.717, 1.165) is 11.1 Å².